The Morgan fingerprint density at radius 2 is 2.16 bits per heavy atom. The molecule has 2 heterocycles. The molecule has 0 aliphatic carbocycles. The average Bonchev–Trinajstić information content (AvgIpc) is 2.71. The molecule has 0 spiro atoms. The van der Waals surface area contributed by atoms with E-state index in [2.05, 4.69) is 16.0 Å². The number of nitrogens with one attached hydrogen (secondary N) is 3. The number of hydrogen-bond donors (Lipinski definition) is 3. The van der Waals surface area contributed by atoms with Gasteiger partial charge in [-0.2, -0.15) is 0 Å². The molecule has 0 radical (unpaired) electrons. The van der Waals surface area contributed by atoms with Crippen molar-refractivity contribution in [1.82, 2.24) is 16.0 Å². The molecular weight excluding hydrogens is 270 g/mol. The third kappa shape index (κ3) is 4.46. The highest BCUT2D eigenvalue weighted by atomic mass is 32.2. The first-order valence-corrected chi connectivity index (χ1v) is 8.26. The van der Waals surface area contributed by atoms with E-state index in [9.17, 15) is 18.0 Å². The maximum absolute atomic E-state index is 11.7. The summed E-state index contributed by atoms with van der Waals surface area (Å²) in [6.07, 6.45) is 1.39. The molecule has 2 unspecified atom stereocenters. The molecule has 2 rings (SSSR count). The van der Waals surface area contributed by atoms with Gasteiger partial charge < -0.3 is 16.0 Å². The fraction of sp³-hybridized carbons (Fsp3) is 0.818. The topological polar surface area (TPSA) is 104 Å². The highest BCUT2D eigenvalue weighted by Crippen LogP contribution is 2.07. The Bertz CT molecular complexity index is 463. The molecule has 0 saturated carbocycles. The van der Waals surface area contributed by atoms with E-state index in [1.54, 1.807) is 0 Å². The molecule has 3 N–H and O–H groups in total. The Labute approximate surface area is 112 Å². The number of hydrogen-bond acceptors (Lipinski definition) is 5. The van der Waals surface area contributed by atoms with Crippen molar-refractivity contribution in [1.29, 1.82) is 0 Å². The predicted molar refractivity (Wildman–Crippen MR) is 69.2 cm³/mol. The van der Waals surface area contributed by atoms with Crippen LogP contribution < -0.4 is 16.0 Å². The van der Waals surface area contributed by atoms with E-state index in [1.807, 2.05) is 0 Å². The Hall–Kier alpha value is -1.15. The first-order chi connectivity index (χ1) is 8.94. The van der Waals surface area contributed by atoms with Gasteiger partial charge in [0.15, 0.2) is 9.84 Å². The summed E-state index contributed by atoms with van der Waals surface area (Å²) < 4.78 is 22.9. The molecule has 2 amide bonds. The zero-order valence-corrected chi connectivity index (χ0v) is 11.5. The van der Waals surface area contributed by atoms with Crippen LogP contribution in [0.5, 0.6) is 0 Å². The number of carbonyl (C=O) groups is 2. The van der Waals surface area contributed by atoms with Crippen LogP contribution in [-0.4, -0.2) is 56.9 Å². The van der Waals surface area contributed by atoms with E-state index in [1.165, 1.54) is 0 Å². The van der Waals surface area contributed by atoms with Gasteiger partial charge in [0.25, 0.3) is 0 Å². The molecule has 108 valence electrons. The summed E-state index contributed by atoms with van der Waals surface area (Å²) in [4.78, 5) is 22.7. The average molecular weight is 289 g/mol. The largest absolute Gasteiger partial charge is 0.354 e. The van der Waals surface area contributed by atoms with Crippen molar-refractivity contribution in [2.24, 2.45) is 0 Å². The van der Waals surface area contributed by atoms with E-state index in [0.29, 0.717) is 19.5 Å². The quantitative estimate of drug-likeness (QED) is 0.564. The number of amides is 2. The third-order valence-corrected chi connectivity index (χ3v) is 5.10. The minimum absolute atomic E-state index is 0.000465. The van der Waals surface area contributed by atoms with E-state index in [4.69, 9.17) is 0 Å². The van der Waals surface area contributed by atoms with Gasteiger partial charge in [-0.25, -0.2) is 8.42 Å². The molecule has 2 saturated heterocycles. The highest BCUT2D eigenvalue weighted by Gasteiger charge is 2.26. The Morgan fingerprint density at radius 3 is 2.79 bits per heavy atom. The van der Waals surface area contributed by atoms with Crippen LogP contribution in [0.25, 0.3) is 0 Å². The molecule has 0 aromatic heterocycles. The smallest absolute Gasteiger partial charge is 0.221 e. The minimum Gasteiger partial charge on any atom is -0.354 e. The van der Waals surface area contributed by atoms with Gasteiger partial charge in [0.1, 0.15) is 0 Å². The van der Waals surface area contributed by atoms with Gasteiger partial charge in [-0.15, -0.1) is 0 Å². The number of carbonyl (C=O) groups excluding carboxylic acids is 2. The monoisotopic (exact) mass is 289 g/mol. The van der Waals surface area contributed by atoms with Crippen molar-refractivity contribution in [2.75, 3.05) is 24.6 Å². The standard InChI is InChI=1S/C11H19N3O4S/c15-10-2-1-8(14-10)6-13-11(16)5-9-7-19(17,18)4-3-12-9/h8-9,12H,1-7H2,(H,13,16)(H,14,15). The summed E-state index contributed by atoms with van der Waals surface area (Å²) in [7, 11) is -3.01. The van der Waals surface area contributed by atoms with E-state index < -0.39 is 9.84 Å². The van der Waals surface area contributed by atoms with Crippen molar-refractivity contribution < 1.29 is 18.0 Å². The fourth-order valence-corrected chi connectivity index (χ4v) is 3.81. The van der Waals surface area contributed by atoms with Gasteiger partial charge in [-0.3, -0.25) is 9.59 Å². The minimum atomic E-state index is -3.01. The summed E-state index contributed by atoms with van der Waals surface area (Å²) in [5, 5.41) is 8.52. The van der Waals surface area contributed by atoms with Crippen LogP contribution in [0.15, 0.2) is 0 Å². The molecule has 2 aliphatic rings. The first kappa shape index (κ1) is 14.3. The van der Waals surface area contributed by atoms with Crippen molar-refractivity contribution in [2.45, 2.75) is 31.3 Å². The Balaban J connectivity index is 1.71. The molecule has 0 aromatic rings. The van der Waals surface area contributed by atoms with Gasteiger partial charge in [-0.1, -0.05) is 0 Å². The molecule has 8 heteroatoms. The maximum Gasteiger partial charge on any atom is 0.221 e. The Kier molecular flexibility index (Phi) is 4.41. The fourth-order valence-electron chi connectivity index (χ4n) is 2.36. The summed E-state index contributed by atoms with van der Waals surface area (Å²) in [6.45, 7) is 0.809. The molecule has 2 aliphatic heterocycles. The van der Waals surface area contributed by atoms with Gasteiger partial charge in [0, 0.05) is 38.0 Å². The number of sulfone groups is 1. The van der Waals surface area contributed by atoms with Crippen LogP contribution in [0.3, 0.4) is 0 Å². The Morgan fingerprint density at radius 1 is 1.37 bits per heavy atom. The second kappa shape index (κ2) is 5.87. The van der Waals surface area contributed by atoms with Crippen molar-refractivity contribution >= 4 is 21.7 Å². The van der Waals surface area contributed by atoms with Crippen LogP contribution in [0, 0.1) is 0 Å². The predicted octanol–water partition coefficient (Wildman–Crippen LogP) is -1.84. The lowest BCUT2D eigenvalue weighted by atomic mass is 10.2. The van der Waals surface area contributed by atoms with Crippen LogP contribution >= 0.6 is 0 Å². The second-order valence-corrected chi connectivity index (χ2v) is 7.31. The summed E-state index contributed by atoms with van der Waals surface area (Å²) >= 11 is 0. The summed E-state index contributed by atoms with van der Waals surface area (Å²) in [5.41, 5.74) is 0. The van der Waals surface area contributed by atoms with Crippen LogP contribution in [0.2, 0.25) is 0 Å². The summed E-state index contributed by atoms with van der Waals surface area (Å²) in [6, 6.07) is -0.309. The van der Waals surface area contributed by atoms with Gasteiger partial charge >= 0.3 is 0 Å². The maximum atomic E-state index is 11.7. The normalized spacial score (nSPS) is 29.8. The van der Waals surface area contributed by atoms with Gasteiger partial charge in [-0.05, 0) is 6.42 Å². The van der Waals surface area contributed by atoms with E-state index in [0.717, 1.165) is 6.42 Å². The molecule has 2 atom stereocenters. The summed E-state index contributed by atoms with van der Waals surface area (Å²) in [5.74, 6) is -0.0187. The molecular formula is C11H19N3O4S. The van der Waals surface area contributed by atoms with E-state index >= 15 is 0 Å². The lowest BCUT2D eigenvalue weighted by Crippen LogP contribution is -2.48. The molecule has 19 heavy (non-hydrogen) atoms. The molecule has 7 nitrogen and oxygen atoms in total. The molecule has 0 bridgehead atoms. The van der Waals surface area contributed by atoms with Crippen molar-refractivity contribution in [3.05, 3.63) is 0 Å². The zero-order chi connectivity index (χ0) is 13.9. The highest BCUT2D eigenvalue weighted by molar-refractivity contribution is 7.91. The van der Waals surface area contributed by atoms with Crippen LogP contribution in [0.4, 0.5) is 0 Å². The third-order valence-electron chi connectivity index (χ3n) is 3.36. The van der Waals surface area contributed by atoms with Crippen molar-refractivity contribution in [3.8, 4) is 0 Å². The number of rotatable bonds is 4. The lowest BCUT2D eigenvalue weighted by molar-refractivity contribution is -0.122. The van der Waals surface area contributed by atoms with Gasteiger partial charge in [0.2, 0.25) is 11.8 Å². The molecule has 0 aromatic carbocycles. The lowest BCUT2D eigenvalue weighted by Gasteiger charge is -2.23. The van der Waals surface area contributed by atoms with Gasteiger partial charge in [0.05, 0.1) is 11.5 Å². The SMILES string of the molecule is O=C(CC1CS(=O)(=O)CCN1)NCC1CCC(=O)N1. The first-order valence-electron chi connectivity index (χ1n) is 6.44. The van der Waals surface area contributed by atoms with E-state index in [-0.39, 0.29) is 41.8 Å². The van der Waals surface area contributed by atoms with Crippen molar-refractivity contribution in [3.63, 3.8) is 0 Å². The second-order valence-electron chi connectivity index (χ2n) is 5.08. The van der Waals surface area contributed by atoms with Crippen LogP contribution in [0.1, 0.15) is 19.3 Å². The molecule has 2 fully saturated rings. The van der Waals surface area contributed by atoms with Crippen LogP contribution in [-0.2, 0) is 19.4 Å². The zero-order valence-electron chi connectivity index (χ0n) is 10.6.